The van der Waals surface area contributed by atoms with Gasteiger partial charge in [-0.25, -0.2) is 0 Å². The standard InChI is InChI=1S/C15H24ClNOS/c1-2-9-17-14(15-13(16)8-11-19-15)7-6-12-5-3-4-10-18-12/h8,11-12,14,17H,2-7,9-10H2,1H3. The van der Waals surface area contributed by atoms with Gasteiger partial charge in [0.1, 0.15) is 0 Å². The van der Waals surface area contributed by atoms with E-state index in [9.17, 15) is 0 Å². The van der Waals surface area contributed by atoms with E-state index in [1.165, 1.54) is 24.1 Å². The summed E-state index contributed by atoms with van der Waals surface area (Å²) in [5.74, 6) is 0. The zero-order valence-electron chi connectivity index (χ0n) is 11.7. The highest BCUT2D eigenvalue weighted by molar-refractivity contribution is 7.10. The van der Waals surface area contributed by atoms with E-state index in [-0.39, 0.29) is 0 Å². The van der Waals surface area contributed by atoms with E-state index < -0.39 is 0 Å². The Balaban J connectivity index is 1.88. The third kappa shape index (κ3) is 4.75. The molecule has 19 heavy (non-hydrogen) atoms. The average molecular weight is 302 g/mol. The lowest BCUT2D eigenvalue weighted by Gasteiger charge is -2.25. The molecule has 108 valence electrons. The van der Waals surface area contributed by atoms with Crippen molar-refractivity contribution in [2.75, 3.05) is 13.2 Å². The number of hydrogen-bond acceptors (Lipinski definition) is 3. The van der Waals surface area contributed by atoms with Gasteiger partial charge < -0.3 is 10.1 Å². The fraction of sp³-hybridized carbons (Fsp3) is 0.733. The summed E-state index contributed by atoms with van der Waals surface area (Å²) in [5.41, 5.74) is 0. The molecule has 0 saturated carbocycles. The molecule has 4 heteroatoms. The molecule has 0 bridgehead atoms. The quantitative estimate of drug-likeness (QED) is 0.781. The molecule has 1 aromatic heterocycles. The van der Waals surface area contributed by atoms with Crippen LogP contribution in [0.25, 0.3) is 0 Å². The highest BCUT2D eigenvalue weighted by atomic mass is 35.5. The number of nitrogens with one attached hydrogen (secondary N) is 1. The molecule has 2 rings (SSSR count). The topological polar surface area (TPSA) is 21.3 Å². The van der Waals surface area contributed by atoms with Gasteiger partial charge in [-0.15, -0.1) is 11.3 Å². The van der Waals surface area contributed by atoms with Crippen molar-refractivity contribution in [2.45, 2.75) is 57.6 Å². The Hall–Kier alpha value is -0.0900. The molecular weight excluding hydrogens is 278 g/mol. The van der Waals surface area contributed by atoms with Crippen molar-refractivity contribution in [2.24, 2.45) is 0 Å². The van der Waals surface area contributed by atoms with Crippen LogP contribution >= 0.6 is 22.9 Å². The van der Waals surface area contributed by atoms with E-state index in [1.807, 2.05) is 6.07 Å². The van der Waals surface area contributed by atoms with Crippen LogP contribution in [-0.2, 0) is 4.74 Å². The summed E-state index contributed by atoms with van der Waals surface area (Å²) >= 11 is 8.03. The van der Waals surface area contributed by atoms with Crippen LogP contribution in [0.4, 0.5) is 0 Å². The Morgan fingerprint density at radius 1 is 1.53 bits per heavy atom. The van der Waals surface area contributed by atoms with Crippen LogP contribution in [0, 0.1) is 0 Å². The molecule has 1 saturated heterocycles. The Morgan fingerprint density at radius 3 is 3.05 bits per heavy atom. The monoisotopic (exact) mass is 301 g/mol. The largest absolute Gasteiger partial charge is 0.378 e. The number of halogens is 1. The maximum absolute atomic E-state index is 6.27. The summed E-state index contributed by atoms with van der Waals surface area (Å²) in [6.45, 7) is 4.19. The molecule has 0 radical (unpaired) electrons. The summed E-state index contributed by atoms with van der Waals surface area (Å²) < 4.78 is 5.82. The first-order chi connectivity index (χ1) is 9.31. The number of ether oxygens (including phenoxy) is 1. The molecule has 1 aromatic rings. The van der Waals surface area contributed by atoms with Gasteiger partial charge >= 0.3 is 0 Å². The number of hydrogen-bond donors (Lipinski definition) is 1. The minimum atomic E-state index is 0.387. The van der Waals surface area contributed by atoms with Gasteiger partial charge in [-0.3, -0.25) is 0 Å². The smallest absolute Gasteiger partial charge is 0.0575 e. The fourth-order valence-electron chi connectivity index (χ4n) is 2.59. The van der Waals surface area contributed by atoms with Crippen LogP contribution in [0.2, 0.25) is 5.02 Å². The minimum absolute atomic E-state index is 0.387. The van der Waals surface area contributed by atoms with Crippen LogP contribution in [-0.4, -0.2) is 19.3 Å². The molecule has 0 amide bonds. The maximum atomic E-state index is 6.27. The molecule has 2 heterocycles. The zero-order chi connectivity index (χ0) is 13.5. The van der Waals surface area contributed by atoms with Gasteiger partial charge in [0.25, 0.3) is 0 Å². The second-order valence-corrected chi connectivity index (χ2v) is 6.56. The van der Waals surface area contributed by atoms with Gasteiger partial charge in [-0.05, 0) is 56.5 Å². The van der Waals surface area contributed by atoms with Gasteiger partial charge in [0.2, 0.25) is 0 Å². The maximum Gasteiger partial charge on any atom is 0.0575 e. The van der Waals surface area contributed by atoms with Gasteiger partial charge in [-0.1, -0.05) is 18.5 Å². The molecule has 2 unspecified atom stereocenters. The van der Waals surface area contributed by atoms with E-state index in [4.69, 9.17) is 16.3 Å². The predicted molar refractivity (Wildman–Crippen MR) is 83.2 cm³/mol. The second kappa shape index (κ2) is 8.25. The van der Waals surface area contributed by atoms with E-state index in [0.717, 1.165) is 37.4 Å². The van der Waals surface area contributed by atoms with Crippen molar-refractivity contribution in [3.05, 3.63) is 21.3 Å². The zero-order valence-corrected chi connectivity index (χ0v) is 13.2. The molecule has 0 aromatic carbocycles. The van der Waals surface area contributed by atoms with Crippen molar-refractivity contribution >= 4 is 22.9 Å². The molecule has 1 fully saturated rings. The lowest BCUT2D eigenvalue weighted by Crippen LogP contribution is -2.25. The number of thiophene rings is 1. The summed E-state index contributed by atoms with van der Waals surface area (Å²) in [6, 6.07) is 2.39. The SMILES string of the molecule is CCCNC(CCC1CCCCO1)c1sccc1Cl. The van der Waals surface area contributed by atoms with Crippen molar-refractivity contribution in [3.8, 4) is 0 Å². The Morgan fingerprint density at radius 2 is 2.42 bits per heavy atom. The van der Waals surface area contributed by atoms with Crippen molar-refractivity contribution < 1.29 is 4.74 Å². The first-order valence-corrected chi connectivity index (χ1v) is 8.65. The second-order valence-electron chi connectivity index (χ2n) is 5.21. The van der Waals surface area contributed by atoms with Crippen LogP contribution < -0.4 is 5.32 Å². The van der Waals surface area contributed by atoms with Gasteiger partial charge in [0.15, 0.2) is 0 Å². The first kappa shape index (κ1) is 15.3. The molecule has 0 spiro atoms. The van der Waals surface area contributed by atoms with Gasteiger partial charge in [-0.2, -0.15) is 0 Å². The Kier molecular flexibility index (Phi) is 6.65. The molecule has 2 nitrogen and oxygen atoms in total. The van der Waals surface area contributed by atoms with Crippen LogP contribution in [0.3, 0.4) is 0 Å². The predicted octanol–water partition coefficient (Wildman–Crippen LogP) is 4.79. The number of rotatable bonds is 7. The van der Waals surface area contributed by atoms with Crippen LogP contribution in [0.15, 0.2) is 11.4 Å². The third-order valence-corrected chi connectivity index (χ3v) is 5.13. The Bertz CT molecular complexity index is 363. The van der Waals surface area contributed by atoms with E-state index in [1.54, 1.807) is 11.3 Å². The lowest BCUT2D eigenvalue weighted by molar-refractivity contribution is 0.00860. The summed E-state index contributed by atoms with van der Waals surface area (Å²) in [6.07, 6.45) is 7.62. The molecule has 0 aliphatic carbocycles. The van der Waals surface area contributed by atoms with Crippen LogP contribution in [0.5, 0.6) is 0 Å². The molecule has 1 aliphatic heterocycles. The normalized spacial score (nSPS) is 21.5. The molecule has 2 atom stereocenters. The van der Waals surface area contributed by atoms with Gasteiger partial charge in [0, 0.05) is 17.5 Å². The van der Waals surface area contributed by atoms with Crippen molar-refractivity contribution in [3.63, 3.8) is 0 Å². The van der Waals surface area contributed by atoms with Gasteiger partial charge in [0.05, 0.1) is 11.1 Å². The average Bonchev–Trinajstić information content (AvgIpc) is 2.86. The van der Waals surface area contributed by atoms with E-state index in [2.05, 4.69) is 17.6 Å². The van der Waals surface area contributed by atoms with Crippen molar-refractivity contribution in [1.82, 2.24) is 5.32 Å². The summed E-state index contributed by atoms with van der Waals surface area (Å²) in [7, 11) is 0. The highest BCUT2D eigenvalue weighted by Gasteiger charge is 2.19. The Labute approximate surface area is 125 Å². The summed E-state index contributed by atoms with van der Waals surface area (Å²) in [4.78, 5) is 1.28. The lowest BCUT2D eigenvalue weighted by atomic mass is 10.0. The first-order valence-electron chi connectivity index (χ1n) is 7.39. The van der Waals surface area contributed by atoms with Crippen LogP contribution in [0.1, 0.15) is 56.4 Å². The summed E-state index contributed by atoms with van der Waals surface area (Å²) in [5, 5.41) is 6.61. The molecule has 1 aliphatic rings. The third-order valence-electron chi connectivity index (χ3n) is 3.65. The molecular formula is C15H24ClNOS. The van der Waals surface area contributed by atoms with E-state index in [0.29, 0.717) is 12.1 Å². The minimum Gasteiger partial charge on any atom is -0.378 e. The highest BCUT2D eigenvalue weighted by Crippen LogP contribution is 2.32. The molecule has 1 N–H and O–H groups in total. The van der Waals surface area contributed by atoms with E-state index >= 15 is 0 Å². The van der Waals surface area contributed by atoms with Crippen molar-refractivity contribution in [1.29, 1.82) is 0 Å². The fourth-order valence-corrected chi connectivity index (χ4v) is 3.89.